The fraction of sp³-hybridized carbons (Fsp3) is 0.455. The van der Waals surface area contributed by atoms with E-state index in [0.717, 1.165) is 6.07 Å². The molecule has 17 heavy (non-hydrogen) atoms. The third-order valence-electron chi connectivity index (χ3n) is 2.32. The van der Waals surface area contributed by atoms with Crippen molar-refractivity contribution < 1.29 is 22.0 Å². The monoisotopic (exact) mass is 253 g/mol. The fourth-order valence-electron chi connectivity index (χ4n) is 1.34. The zero-order valence-corrected chi connectivity index (χ0v) is 9.28. The average Bonchev–Trinajstić information content (AvgIpc) is 2.19. The van der Waals surface area contributed by atoms with Crippen LogP contribution in [-0.2, 0) is 6.18 Å². The van der Waals surface area contributed by atoms with Crippen LogP contribution in [-0.4, -0.2) is 12.5 Å². The molecule has 0 aliphatic carbocycles. The van der Waals surface area contributed by atoms with Crippen LogP contribution >= 0.6 is 0 Å². The molecule has 0 bridgehead atoms. The SMILES string of the molecule is Cc1ccc(NC(C)C(F)F)cc1C(F)(F)F. The molecule has 0 saturated heterocycles. The van der Waals surface area contributed by atoms with Crippen molar-refractivity contribution in [2.45, 2.75) is 32.5 Å². The largest absolute Gasteiger partial charge is 0.416 e. The van der Waals surface area contributed by atoms with E-state index in [4.69, 9.17) is 0 Å². The summed E-state index contributed by atoms with van der Waals surface area (Å²) in [5.41, 5.74) is -0.715. The molecular weight excluding hydrogens is 241 g/mol. The summed E-state index contributed by atoms with van der Waals surface area (Å²) in [5.74, 6) is 0. The first-order valence-corrected chi connectivity index (χ1v) is 4.94. The molecule has 1 nitrogen and oxygen atoms in total. The highest BCUT2D eigenvalue weighted by Crippen LogP contribution is 2.33. The number of hydrogen-bond acceptors (Lipinski definition) is 1. The predicted octanol–water partition coefficient (Wildman–Crippen LogP) is 4.08. The van der Waals surface area contributed by atoms with E-state index in [2.05, 4.69) is 5.32 Å². The van der Waals surface area contributed by atoms with Crippen LogP contribution in [0, 0.1) is 6.92 Å². The van der Waals surface area contributed by atoms with Gasteiger partial charge in [-0.2, -0.15) is 13.2 Å². The van der Waals surface area contributed by atoms with Crippen molar-refractivity contribution in [3.05, 3.63) is 29.3 Å². The third-order valence-corrected chi connectivity index (χ3v) is 2.32. The van der Waals surface area contributed by atoms with Crippen LogP contribution in [0.25, 0.3) is 0 Å². The molecule has 1 N–H and O–H groups in total. The average molecular weight is 253 g/mol. The zero-order valence-electron chi connectivity index (χ0n) is 9.28. The minimum atomic E-state index is -4.48. The maximum Gasteiger partial charge on any atom is 0.416 e. The van der Waals surface area contributed by atoms with Crippen LogP contribution in [0.3, 0.4) is 0 Å². The van der Waals surface area contributed by atoms with E-state index >= 15 is 0 Å². The summed E-state index contributed by atoms with van der Waals surface area (Å²) in [7, 11) is 0. The molecule has 0 spiro atoms. The quantitative estimate of drug-likeness (QED) is 0.800. The number of hydrogen-bond donors (Lipinski definition) is 1. The molecule has 96 valence electrons. The van der Waals surface area contributed by atoms with Gasteiger partial charge in [-0.25, -0.2) is 8.78 Å². The molecule has 0 aromatic heterocycles. The summed E-state index contributed by atoms with van der Waals surface area (Å²) in [4.78, 5) is 0. The third kappa shape index (κ3) is 3.57. The van der Waals surface area contributed by atoms with E-state index in [9.17, 15) is 22.0 Å². The van der Waals surface area contributed by atoms with Gasteiger partial charge in [0.25, 0.3) is 6.43 Å². The Hall–Kier alpha value is -1.33. The van der Waals surface area contributed by atoms with Crippen LogP contribution in [0.2, 0.25) is 0 Å². The first-order valence-electron chi connectivity index (χ1n) is 4.94. The molecule has 0 aliphatic rings. The highest BCUT2D eigenvalue weighted by molar-refractivity contribution is 5.50. The number of aryl methyl sites for hydroxylation is 1. The Kier molecular flexibility index (Phi) is 3.95. The lowest BCUT2D eigenvalue weighted by Crippen LogP contribution is -2.24. The molecule has 6 heteroatoms. The number of nitrogens with one attached hydrogen (secondary N) is 1. The predicted molar refractivity (Wildman–Crippen MR) is 55.3 cm³/mol. The van der Waals surface area contributed by atoms with Crippen molar-refractivity contribution >= 4 is 5.69 Å². The molecule has 1 aromatic carbocycles. The normalized spacial score (nSPS) is 13.9. The van der Waals surface area contributed by atoms with Crippen molar-refractivity contribution in [1.29, 1.82) is 0 Å². The van der Waals surface area contributed by atoms with Gasteiger partial charge in [-0.1, -0.05) is 6.07 Å². The van der Waals surface area contributed by atoms with Gasteiger partial charge in [0.2, 0.25) is 0 Å². The molecule has 0 fully saturated rings. The Balaban J connectivity index is 2.97. The first kappa shape index (κ1) is 13.7. The molecule has 0 amide bonds. The van der Waals surface area contributed by atoms with Gasteiger partial charge < -0.3 is 5.32 Å². The van der Waals surface area contributed by atoms with E-state index in [1.54, 1.807) is 0 Å². The van der Waals surface area contributed by atoms with Gasteiger partial charge in [0.1, 0.15) is 0 Å². The number of benzene rings is 1. The molecule has 1 rings (SSSR count). The fourth-order valence-corrected chi connectivity index (χ4v) is 1.34. The summed E-state index contributed by atoms with van der Waals surface area (Å²) >= 11 is 0. The molecule has 0 heterocycles. The summed E-state index contributed by atoms with van der Waals surface area (Å²) in [6, 6.07) is 2.25. The summed E-state index contributed by atoms with van der Waals surface area (Å²) in [6.45, 7) is 2.53. The molecule has 0 aliphatic heterocycles. The van der Waals surface area contributed by atoms with E-state index < -0.39 is 24.2 Å². The molecular formula is C11H12F5N. The van der Waals surface area contributed by atoms with E-state index in [1.807, 2.05) is 0 Å². The van der Waals surface area contributed by atoms with Gasteiger partial charge in [-0.15, -0.1) is 0 Å². The smallest absolute Gasteiger partial charge is 0.377 e. The number of rotatable bonds is 3. The second-order valence-corrected chi connectivity index (χ2v) is 3.79. The molecule has 1 aromatic rings. The van der Waals surface area contributed by atoms with E-state index in [0.29, 0.717) is 0 Å². The second kappa shape index (κ2) is 4.89. The van der Waals surface area contributed by atoms with Gasteiger partial charge in [0.05, 0.1) is 11.6 Å². The van der Waals surface area contributed by atoms with Gasteiger partial charge in [-0.3, -0.25) is 0 Å². The molecule has 1 unspecified atom stereocenters. The van der Waals surface area contributed by atoms with Crippen LogP contribution in [0.5, 0.6) is 0 Å². The standard InChI is InChI=1S/C11H12F5N/c1-6-3-4-8(17-7(2)10(12)13)5-9(6)11(14,15)16/h3-5,7,10,17H,1-2H3. The lowest BCUT2D eigenvalue weighted by Gasteiger charge is -2.17. The summed E-state index contributed by atoms with van der Waals surface area (Å²) in [6.07, 6.45) is -7.11. The lowest BCUT2D eigenvalue weighted by atomic mass is 10.1. The van der Waals surface area contributed by atoms with Crippen molar-refractivity contribution in [3.8, 4) is 0 Å². The van der Waals surface area contributed by atoms with Crippen molar-refractivity contribution in [1.82, 2.24) is 0 Å². The van der Waals surface area contributed by atoms with Gasteiger partial charge in [0.15, 0.2) is 0 Å². The van der Waals surface area contributed by atoms with Crippen molar-refractivity contribution in [3.63, 3.8) is 0 Å². The Morgan fingerprint density at radius 3 is 2.24 bits per heavy atom. The number of alkyl halides is 5. The van der Waals surface area contributed by atoms with Gasteiger partial charge >= 0.3 is 6.18 Å². The molecule has 0 radical (unpaired) electrons. The van der Waals surface area contributed by atoms with E-state index in [-0.39, 0.29) is 11.3 Å². The Labute approximate surface area is 95.6 Å². The van der Waals surface area contributed by atoms with Crippen molar-refractivity contribution in [2.75, 3.05) is 5.32 Å². The molecule has 0 saturated carbocycles. The Morgan fingerprint density at radius 2 is 1.76 bits per heavy atom. The lowest BCUT2D eigenvalue weighted by molar-refractivity contribution is -0.138. The Morgan fingerprint density at radius 1 is 1.18 bits per heavy atom. The topological polar surface area (TPSA) is 12.0 Å². The summed E-state index contributed by atoms with van der Waals surface area (Å²) < 4.78 is 62.1. The highest BCUT2D eigenvalue weighted by Gasteiger charge is 2.32. The maximum absolute atomic E-state index is 12.5. The second-order valence-electron chi connectivity index (χ2n) is 3.79. The Bertz CT molecular complexity index is 386. The van der Waals surface area contributed by atoms with Crippen LogP contribution < -0.4 is 5.32 Å². The van der Waals surface area contributed by atoms with Gasteiger partial charge in [0, 0.05) is 5.69 Å². The van der Waals surface area contributed by atoms with Crippen molar-refractivity contribution in [2.24, 2.45) is 0 Å². The maximum atomic E-state index is 12.5. The summed E-state index contributed by atoms with van der Waals surface area (Å²) in [5, 5.41) is 2.33. The van der Waals surface area contributed by atoms with Crippen LogP contribution in [0.1, 0.15) is 18.1 Å². The number of anilines is 1. The molecule has 1 atom stereocenters. The first-order chi connectivity index (χ1) is 7.71. The minimum absolute atomic E-state index is 0.0377. The highest BCUT2D eigenvalue weighted by atomic mass is 19.4. The number of halogens is 5. The van der Waals surface area contributed by atoms with Crippen LogP contribution in [0.15, 0.2) is 18.2 Å². The van der Waals surface area contributed by atoms with Gasteiger partial charge in [-0.05, 0) is 31.5 Å². The zero-order chi connectivity index (χ0) is 13.2. The van der Waals surface area contributed by atoms with E-state index in [1.165, 1.54) is 26.0 Å². The minimum Gasteiger partial charge on any atom is -0.377 e. The van der Waals surface area contributed by atoms with Crippen LogP contribution in [0.4, 0.5) is 27.6 Å².